The van der Waals surface area contributed by atoms with Gasteiger partial charge >= 0.3 is 0 Å². The smallest absolute Gasteiger partial charge is 0.251 e. The van der Waals surface area contributed by atoms with E-state index in [2.05, 4.69) is 10.3 Å². The molecule has 1 aliphatic heterocycles. The minimum absolute atomic E-state index is 0.151. The Morgan fingerprint density at radius 2 is 1.90 bits per heavy atom. The van der Waals surface area contributed by atoms with Gasteiger partial charge in [0.25, 0.3) is 5.91 Å². The zero-order valence-electron chi connectivity index (χ0n) is 16.8. The number of aryl methyl sites for hydroxylation is 1. The number of hydrogen-bond donors (Lipinski definition) is 1. The molecule has 2 aromatic carbocycles. The van der Waals surface area contributed by atoms with Crippen LogP contribution in [-0.2, 0) is 16.6 Å². The van der Waals surface area contributed by atoms with Gasteiger partial charge in [-0.25, -0.2) is 13.4 Å². The van der Waals surface area contributed by atoms with E-state index >= 15 is 0 Å². The van der Waals surface area contributed by atoms with Crippen LogP contribution >= 0.6 is 0 Å². The molecule has 1 N–H and O–H groups in total. The molecule has 0 radical (unpaired) electrons. The Hall–Kier alpha value is -3.13. The van der Waals surface area contributed by atoms with Gasteiger partial charge in [-0.3, -0.25) is 9.10 Å². The molecule has 0 saturated carbocycles. The number of carbonyl (C=O) groups excluding carboxylic acids is 1. The summed E-state index contributed by atoms with van der Waals surface area (Å²) in [6.45, 7) is 2.78. The van der Waals surface area contributed by atoms with Gasteiger partial charge < -0.3 is 9.88 Å². The first-order valence-corrected chi connectivity index (χ1v) is 11.5. The molecule has 0 spiro atoms. The third-order valence-electron chi connectivity index (χ3n) is 5.24. The van der Waals surface area contributed by atoms with E-state index in [0.717, 1.165) is 23.5 Å². The van der Waals surface area contributed by atoms with Crippen LogP contribution in [-0.4, -0.2) is 36.2 Å². The van der Waals surface area contributed by atoms with Crippen molar-refractivity contribution in [1.29, 1.82) is 0 Å². The van der Waals surface area contributed by atoms with E-state index in [-0.39, 0.29) is 11.7 Å². The van der Waals surface area contributed by atoms with E-state index in [9.17, 15) is 13.2 Å². The summed E-state index contributed by atoms with van der Waals surface area (Å²) in [5.41, 5.74) is 2.97. The van der Waals surface area contributed by atoms with Gasteiger partial charge in [0.2, 0.25) is 10.0 Å². The first kappa shape index (κ1) is 20.2. The van der Waals surface area contributed by atoms with E-state index < -0.39 is 10.0 Å². The number of hydrogen-bond acceptors (Lipinski definition) is 4. The monoisotopic (exact) mass is 424 g/mol. The lowest BCUT2D eigenvalue weighted by atomic mass is 10.1. The molecule has 1 saturated heterocycles. The summed E-state index contributed by atoms with van der Waals surface area (Å²) in [4.78, 5) is 16.8. The zero-order valence-corrected chi connectivity index (χ0v) is 17.6. The fourth-order valence-electron chi connectivity index (χ4n) is 3.59. The van der Waals surface area contributed by atoms with Crippen molar-refractivity contribution in [2.45, 2.75) is 26.3 Å². The maximum absolute atomic E-state index is 12.6. The van der Waals surface area contributed by atoms with Crippen LogP contribution in [0.4, 0.5) is 5.69 Å². The molecule has 2 heterocycles. The quantitative estimate of drug-likeness (QED) is 0.682. The average molecular weight is 425 g/mol. The Morgan fingerprint density at radius 3 is 2.60 bits per heavy atom. The predicted molar refractivity (Wildman–Crippen MR) is 116 cm³/mol. The summed E-state index contributed by atoms with van der Waals surface area (Å²) in [6, 6.07) is 14.7. The van der Waals surface area contributed by atoms with Gasteiger partial charge in [0, 0.05) is 36.7 Å². The van der Waals surface area contributed by atoms with E-state index in [1.165, 1.54) is 4.31 Å². The number of sulfonamides is 1. The highest BCUT2D eigenvalue weighted by atomic mass is 32.2. The van der Waals surface area contributed by atoms with E-state index in [4.69, 9.17) is 0 Å². The average Bonchev–Trinajstić information content (AvgIpc) is 3.18. The lowest BCUT2D eigenvalue weighted by Crippen LogP contribution is -2.38. The number of amides is 1. The molecule has 1 aromatic heterocycles. The molecule has 30 heavy (non-hydrogen) atoms. The molecular formula is C22H24N4O3S. The highest BCUT2D eigenvalue weighted by Gasteiger charge is 2.26. The van der Waals surface area contributed by atoms with Crippen LogP contribution in [0, 0.1) is 6.92 Å². The van der Waals surface area contributed by atoms with Gasteiger partial charge in [-0.15, -0.1) is 0 Å². The minimum atomic E-state index is -3.31. The second-order valence-corrected chi connectivity index (χ2v) is 9.35. The van der Waals surface area contributed by atoms with Crippen LogP contribution < -0.4 is 9.62 Å². The van der Waals surface area contributed by atoms with Crippen LogP contribution in [0.3, 0.4) is 0 Å². The molecule has 1 fully saturated rings. The molecule has 0 atom stereocenters. The molecule has 1 amide bonds. The number of rotatable bonds is 5. The molecule has 4 rings (SSSR count). The third kappa shape index (κ3) is 4.23. The van der Waals surface area contributed by atoms with Gasteiger partial charge in [-0.1, -0.05) is 18.2 Å². The van der Waals surface area contributed by atoms with Crippen LogP contribution in [0.1, 0.15) is 34.6 Å². The Balaban J connectivity index is 1.43. The largest absolute Gasteiger partial charge is 0.348 e. The van der Waals surface area contributed by atoms with Gasteiger partial charge in [-0.05, 0) is 55.7 Å². The number of nitrogens with one attached hydrogen (secondary N) is 1. The van der Waals surface area contributed by atoms with Crippen LogP contribution in [0.15, 0.2) is 60.9 Å². The Morgan fingerprint density at radius 1 is 1.10 bits per heavy atom. The van der Waals surface area contributed by atoms with Crippen molar-refractivity contribution in [2.24, 2.45) is 0 Å². The molecule has 0 unspecified atom stereocenters. The van der Waals surface area contributed by atoms with Crippen molar-refractivity contribution in [3.63, 3.8) is 0 Å². The fraction of sp³-hybridized carbons (Fsp3) is 0.273. The summed E-state index contributed by atoms with van der Waals surface area (Å²) in [5, 5.41) is 2.91. The molecule has 1 aliphatic rings. The molecule has 7 nitrogen and oxygen atoms in total. The minimum Gasteiger partial charge on any atom is -0.348 e. The van der Waals surface area contributed by atoms with Crippen LogP contribution in [0.25, 0.3) is 5.69 Å². The lowest BCUT2D eigenvalue weighted by molar-refractivity contribution is 0.0951. The third-order valence-corrected chi connectivity index (χ3v) is 7.11. The number of anilines is 1. The van der Waals surface area contributed by atoms with Crippen molar-refractivity contribution < 1.29 is 13.2 Å². The molecule has 3 aromatic rings. The second-order valence-electron chi connectivity index (χ2n) is 7.34. The summed E-state index contributed by atoms with van der Waals surface area (Å²) >= 11 is 0. The second kappa shape index (κ2) is 8.31. The number of aromatic nitrogens is 2. The van der Waals surface area contributed by atoms with Crippen LogP contribution in [0.5, 0.6) is 0 Å². The first-order chi connectivity index (χ1) is 14.4. The van der Waals surface area contributed by atoms with Crippen molar-refractivity contribution in [2.75, 3.05) is 16.6 Å². The molecular weight excluding hydrogens is 400 g/mol. The van der Waals surface area contributed by atoms with E-state index in [0.29, 0.717) is 30.8 Å². The van der Waals surface area contributed by atoms with Gasteiger partial charge in [0.1, 0.15) is 5.82 Å². The number of benzene rings is 2. The SMILES string of the molecule is Cc1nccn1-c1ccc(CNC(=O)c2cccc(N3CCCCS3(=O)=O)c2)cc1. The number of nitrogens with zero attached hydrogens (tertiary/aromatic N) is 3. The van der Waals surface area contributed by atoms with Crippen LogP contribution in [0.2, 0.25) is 0 Å². The summed E-state index contributed by atoms with van der Waals surface area (Å²) < 4.78 is 28.1. The van der Waals surface area contributed by atoms with Gasteiger partial charge in [-0.2, -0.15) is 0 Å². The van der Waals surface area contributed by atoms with E-state index in [1.54, 1.807) is 30.5 Å². The Bertz CT molecular complexity index is 1150. The molecule has 8 heteroatoms. The van der Waals surface area contributed by atoms with Crippen molar-refractivity contribution in [1.82, 2.24) is 14.9 Å². The predicted octanol–water partition coefficient (Wildman–Crippen LogP) is 3.04. The first-order valence-electron chi connectivity index (χ1n) is 9.92. The Kier molecular flexibility index (Phi) is 5.59. The molecule has 0 aliphatic carbocycles. The normalized spacial score (nSPS) is 15.7. The summed E-state index contributed by atoms with van der Waals surface area (Å²) in [7, 11) is -3.31. The summed E-state index contributed by atoms with van der Waals surface area (Å²) in [5.74, 6) is 0.824. The number of imidazole rings is 1. The lowest BCUT2D eigenvalue weighted by Gasteiger charge is -2.28. The topological polar surface area (TPSA) is 84.3 Å². The van der Waals surface area contributed by atoms with Crippen molar-refractivity contribution in [3.8, 4) is 5.69 Å². The Labute approximate surface area is 176 Å². The molecule has 0 bridgehead atoms. The highest BCUT2D eigenvalue weighted by Crippen LogP contribution is 2.24. The maximum atomic E-state index is 12.6. The summed E-state index contributed by atoms with van der Waals surface area (Å²) in [6.07, 6.45) is 5.16. The maximum Gasteiger partial charge on any atom is 0.251 e. The fourth-order valence-corrected chi connectivity index (χ4v) is 5.22. The standard InChI is InChI=1S/C22H24N4O3S/c1-17-23-11-13-25(17)20-9-7-18(8-10-20)16-24-22(27)19-5-4-6-21(15-19)26-12-2-3-14-30(26,28)29/h4-11,13,15H,2-3,12,14,16H2,1H3,(H,24,27). The van der Waals surface area contributed by atoms with E-state index in [1.807, 2.05) is 42.0 Å². The number of carbonyl (C=O) groups is 1. The zero-order chi connectivity index (χ0) is 21.1. The highest BCUT2D eigenvalue weighted by molar-refractivity contribution is 7.92. The van der Waals surface area contributed by atoms with Crippen molar-refractivity contribution >= 4 is 21.6 Å². The van der Waals surface area contributed by atoms with Crippen molar-refractivity contribution in [3.05, 3.63) is 77.9 Å². The van der Waals surface area contributed by atoms with Gasteiger partial charge in [0.05, 0.1) is 11.4 Å². The molecule has 156 valence electrons. The van der Waals surface area contributed by atoms with Gasteiger partial charge in [0.15, 0.2) is 0 Å².